The number of aryl methyl sites for hydroxylation is 1. The van der Waals surface area contributed by atoms with E-state index >= 15 is 0 Å². The number of halogens is 2. The van der Waals surface area contributed by atoms with Crippen LogP contribution in [-0.4, -0.2) is 51.0 Å². The first-order chi connectivity index (χ1) is 15.1. The van der Waals surface area contributed by atoms with Crippen molar-refractivity contribution in [3.8, 4) is 0 Å². The van der Waals surface area contributed by atoms with Crippen LogP contribution in [0.4, 0.5) is 14.6 Å². The molecule has 172 valence electrons. The number of amides is 1. The van der Waals surface area contributed by atoms with E-state index in [2.05, 4.69) is 15.4 Å². The van der Waals surface area contributed by atoms with Crippen molar-refractivity contribution in [2.75, 3.05) is 11.9 Å². The Morgan fingerprint density at radius 2 is 2.16 bits per heavy atom. The molecule has 2 N–H and O–H groups in total. The molecule has 0 saturated heterocycles. The summed E-state index contributed by atoms with van der Waals surface area (Å²) in [5, 5.41) is 18.1. The van der Waals surface area contributed by atoms with E-state index in [1.54, 1.807) is 35.0 Å². The van der Waals surface area contributed by atoms with Crippen LogP contribution in [0.1, 0.15) is 66.3 Å². The molecule has 0 radical (unpaired) electrons. The standard InChI is InChI=1S/C22H27F2N5O3/c1-4-21(2)13-7-17(25-10-12(13)11-32-21)19(30)26-15-5-6-29-18(28(3)20(15)31)8-16(27-29)14-9-22(14,23)24/h7-8,10,14-15,20,31H,4-6,9,11H2,1-3H3,(H,26,30)/t14-,15-,20?,21+/m0/s1. The number of ether oxygens (including phenoxy) is 1. The number of hydrogen-bond donors (Lipinski definition) is 2. The molecular formula is C22H27F2N5O3. The predicted octanol–water partition coefficient (Wildman–Crippen LogP) is 2.51. The molecule has 1 saturated carbocycles. The van der Waals surface area contributed by atoms with E-state index in [0.717, 1.165) is 17.5 Å². The Balaban J connectivity index is 1.32. The zero-order valence-electron chi connectivity index (χ0n) is 18.3. The molecule has 2 aromatic heterocycles. The number of pyridine rings is 1. The summed E-state index contributed by atoms with van der Waals surface area (Å²) in [6.45, 7) is 4.89. The van der Waals surface area contributed by atoms with E-state index in [9.17, 15) is 18.7 Å². The van der Waals surface area contributed by atoms with Crippen LogP contribution in [0.3, 0.4) is 0 Å². The zero-order valence-corrected chi connectivity index (χ0v) is 18.3. The van der Waals surface area contributed by atoms with E-state index in [1.165, 1.54) is 0 Å². The molecule has 10 heteroatoms. The first kappa shape index (κ1) is 21.3. The number of rotatable bonds is 4. The molecule has 1 unspecified atom stereocenters. The molecule has 1 fully saturated rings. The lowest BCUT2D eigenvalue weighted by Gasteiger charge is -2.29. The summed E-state index contributed by atoms with van der Waals surface area (Å²) in [6, 6.07) is 2.79. The Morgan fingerprint density at radius 3 is 2.84 bits per heavy atom. The molecule has 5 rings (SSSR count). The molecule has 1 aliphatic carbocycles. The average Bonchev–Trinajstić information content (AvgIpc) is 3.12. The quantitative estimate of drug-likeness (QED) is 0.748. The monoisotopic (exact) mass is 447 g/mol. The van der Waals surface area contributed by atoms with Crippen LogP contribution in [-0.2, 0) is 23.5 Å². The maximum atomic E-state index is 13.4. The van der Waals surface area contributed by atoms with Gasteiger partial charge >= 0.3 is 0 Å². The highest BCUT2D eigenvalue weighted by atomic mass is 19.3. The molecule has 0 spiro atoms. The fourth-order valence-electron chi connectivity index (χ4n) is 4.61. The highest BCUT2D eigenvalue weighted by Crippen LogP contribution is 2.55. The van der Waals surface area contributed by atoms with Crippen LogP contribution in [0, 0.1) is 0 Å². The third-order valence-corrected chi connectivity index (χ3v) is 7.06. The summed E-state index contributed by atoms with van der Waals surface area (Å²) in [5.41, 5.74) is 2.10. The smallest absolute Gasteiger partial charge is 0.270 e. The fourth-order valence-corrected chi connectivity index (χ4v) is 4.61. The number of aliphatic hydroxyl groups excluding tert-OH is 1. The van der Waals surface area contributed by atoms with Crippen molar-refractivity contribution in [3.63, 3.8) is 0 Å². The second-order valence-electron chi connectivity index (χ2n) is 9.16. The lowest BCUT2D eigenvalue weighted by molar-refractivity contribution is -0.0259. The number of likely N-dealkylation sites (N-methyl/N-ethyl adjacent to an activating group) is 1. The first-order valence-electron chi connectivity index (χ1n) is 10.9. The Morgan fingerprint density at radius 1 is 1.41 bits per heavy atom. The second-order valence-corrected chi connectivity index (χ2v) is 9.16. The van der Waals surface area contributed by atoms with Crippen LogP contribution in [0.2, 0.25) is 0 Å². The van der Waals surface area contributed by atoms with Gasteiger partial charge in [0.05, 0.1) is 29.9 Å². The van der Waals surface area contributed by atoms with Gasteiger partial charge in [-0.15, -0.1) is 0 Å². The highest BCUT2D eigenvalue weighted by Gasteiger charge is 2.59. The van der Waals surface area contributed by atoms with Gasteiger partial charge in [-0.05, 0) is 31.4 Å². The Bertz CT molecular complexity index is 1070. The summed E-state index contributed by atoms with van der Waals surface area (Å²) >= 11 is 0. The molecule has 0 aromatic carbocycles. The molecule has 2 aliphatic heterocycles. The first-order valence-corrected chi connectivity index (χ1v) is 10.9. The number of alkyl halides is 2. The minimum absolute atomic E-state index is 0.190. The molecule has 2 aromatic rings. The van der Waals surface area contributed by atoms with E-state index < -0.39 is 29.7 Å². The molecule has 1 amide bonds. The van der Waals surface area contributed by atoms with Crippen LogP contribution in [0.5, 0.6) is 0 Å². The number of carbonyl (C=O) groups is 1. The fraction of sp³-hybridized carbons (Fsp3) is 0.591. The van der Waals surface area contributed by atoms with Crippen molar-refractivity contribution in [2.45, 2.75) is 76.0 Å². The molecule has 3 aliphatic rings. The van der Waals surface area contributed by atoms with Crippen molar-refractivity contribution in [3.05, 3.63) is 40.8 Å². The largest absolute Gasteiger partial charge is 0.371 e. The number of nitrogens with zero attached hydrogens (tertiary/aromatic N) is 4. The number of aromatic nitrogens is 3. The Kier molecular flexibility index (Phi) is 4.79. The average molecular weight is 447 g/mol. The summed E-state index contributed by atoms with van der Waals surface area (Å²) in [5.74, 6) is -3.38. The van der Waals surface area contributed by atoms with Gasteiger partial charge in [0.15, 0.2) is 0 Å². The van der Waals surface area contributed by atoms with Crippen molar-refractivity contribution in [1.29, 1.82) is 0 Å². The van der Waals surface area contributed by atoms with Gasteiger partial charge in [-0.25, -0.2) is 13.5 Å². The van der Waals surface area contributed by atoms with Crippen molar-refractivity contribution in [1.82, 2.24) is 20.1 Å². The van der Waals surface area contributed by atoms with Crippen molar-refractivity contribution in [2.24, 2.45) is 0 Å². The number of carbonyl (C=O) groups excluding carboxylic acids is 1. The van der Waals surface area contributed by atoms with Gasteiger partial charge in [-0.1, -0.05) is 6.92 Å². The van der Waals surface area contributed by atoms with E-state index in [-0.39, 0.29) is 18.0 Å². The summed E-state index contributed by atoms with van der Waals surface area (Å²) in [4.78, 5) is 18.8. The van der Waals surface area contributed by atoms with Crippen LogP contribution < -0.4 is 10.2 Å². The second kappa shape index (κ2) is 7.21. The van der Waals surface area contributed by atoms with Crippen molar-refractivity contribution < 1.29 is 23.4 Å². The summed E-state index contributed by atoms with van der Waals surface area (Å²) in [7, 11) is 1.66. The molecule has 0 bridgehead atoms. The molecular weight excluding hydrogens is 420 g/mol. The van der Waals surface area contributed by atoms with Gasteiger partial charge in [0.25, 0.3) is 11.8 Å². The van der Waals surface area contributed by atoms with Gasteiger partial charge in [-0.2, -0.15) is 5.10 Å². The van der Waals surface area contributed by atoms with Gasteiger partial charge in [-0.3, -0.25) is 9.78 Å². The SMILES string of the molecule is CC[C@@]1(C)OCc2cnc(C(=O)N[C@H]3CCn4nc([C@@H]5CC5(F)F)cc4N(C)C3O)cc21. The molecule has 4 atom stereocenters. The minimum Gasteiger partial charge on any atom is -0.371 e. The summed E-state index contributed by atoms with van der Waals surface area (Å²) < 4.78 is 34.4. The number of hydrogen-bond acceptors (Lipinski definition) is 6. The van der Waals surface area contributed by atoms with Crippen LogP contribution >= 0.6 is 0 Å². The highest BCUT2D eigenvalue weighted by molar-refractivity contribution is 5.92. The van der Waals surface area contributed by atoms with Gasteiger partial charge in [0.2, 0.25) is 0 Å². The van der Waals surface area contributed by atoms with E-state index in [1.807, 2.05) is 13.8 Å². The van der Waals surface area contributed by atoms with E-state index in [4.69, 9.17) is 4.74 Å². The Hall–Kier alpha value is -2.59. The van der Waals surface area contributed by atoms with Crippen molar-refractivity contribution >= 4 is 11.7 Å². The van der Waals surface area contributed by atoms with Gasteiger partial charge in [0, 0.05) is 37.8 Å². The third kappa shape index (κ3) is 3.36. The predicted molar refractivity (Wildman–Crippen MR) is 111 cm³/mol. The minimum atomic E-state index is -2.70. The van der Waals surface area contributed by atoms with Crippen LogP contribution in [0.25, 0.3) is 0 Å². The zero-order chi connectivity index (χ0) is 22.8. The Labute approximate surface area is 184 Å². The molecule has 32 heavy (non-hydrogen) atoms. The number of nitrogens with one attached hydrogen (secondary N) is 1. The third-order valence-electron chi connectivity index (χ3n) is 7.06. The van der Waals surface area contributed by atoms with E-state index in [0.29, 0.717) is 31.1 Å². The number of anilines is 1. The molecule has 4 heterocycles. The molecule has 8 nitrogen and oxygen atoms in total. The topological polar surface area (TPSA) is 92.5 Å². The number of fused-ring (bicyclic) bond motifs is 2. The van der Waals surface area contributed by atoms with Gasteiger partial charge < -0.3 is 20.1 Å². The lowest BCUT2D eigenvalue weighted by atomic mass is 9.92. The normalized spacial score (nSPS) is 30.4. The van der Waals surface area contributed by atoms with Crippen LogP contribution in [0.15, 0.2) is 18.3 Å². The lowest BCUT2D eigenvalue weighted by Crippen LogP contribution is -2.50. The summed E-state index contributed by atoms with van der Waals surface area (Å²) in [6.07, 6.45) is 1.61. The number of aliphatic hydroxyl groups is 1. The maximum Gasteiger partial charge on any atom is 0.270 e. The maximum absolute atomic E-state index is 13.4. The van der Waals surface area contributed by atoms with Gasteiger partial charge in [0.1, 0.15) is 17.7 Å².